The molecule has 4 nitrogen and oxygen atoms in total. The number of aromatic nitrogens is 1. The van der Waals surface area contributed by atoms with Crippen molar-refractivity contribution in [1.82, 2.24) is 4.98 Å². The summed E-state index contributed by atoms with van der Waals surface area (Å²) in [5.74, 6) is 1.33. The summed E-state index contributed by atoms with van der Waals surface area (Å²) < 4.78 is 24.2. The van der Waals surface area contributed by atoms with Crippen LogP contribution in [-0.4, -0.2) is 12.1 Å². The molecule has 0 saturated heterocycles. The molecule has 6 heteroatoms. The van der Waals surface area contributed by atoms with E-state index in [0.29, 0.717) is 23.7 Å². The van der Waals surface area contributed by atoms with Crippen LogP contribution in [0.25, 0.3) is 5.76 Å². The second-order valence-electron chi connectivity index (χ2n) is 5.76. The summed E-state index contributed by atoms with van der Waals surface area (Å²) >= 11 is 1.51. The van der Waals surface area contributed by atoms with E-state index in [2.05, 4.69) is 11.6 Å². The maximum atomic E-state index is 13.0. The number of thiophene rings is 1. The molecule has 1 aromatic carbocycles. The van der Waals surface area contributed by atoms with Crippen LogP contribution in [-0.2, 0) is 11.2 Å². The molecule has 3 rings (SSSR count). The van der Waals surface area contributed by atoms with Crippen molar-refractivity contribution < 1.29 is 13.9 Å². The molecule has 27 heavy (non-hydrogen) atoms. The lowest BCUT2D eigenvalue weighted by atomic mass is 10.1. The zero-order valence-corrected chi connectivity index (χ0v) is 15.6. The van der Waals surface area contributed by atoms with E-state index in [0.717, 1.165) is 21.1 Å². The van der Waals surface area contributed by atoms with Crippen LogP contribution in [0.3, 0.4) is 0 Å². The third-order valence-corrected chi connectivity index (χ3v) is 4.69. The third kappa shape index (κ3) is 4.95. The standard InChI is InChI=1S/C21H19FN2O2S/c1-14(13-19(25-2)18-4-3-11-24-21(18)23)12-17-9-10-20(27-17)26-16-7-5-15(22)6-8-16/h3-11,13H,1,12H2,2H3,(H2,23,24)/b19-13-. The van der Waals surface area contributed by atoms with Crippen molar-refractivity contribution >= 4 is 22.9 Å². The highest BCUT2D eigenvalue weighted by atomic mass is 32.1. The third-order valence-electron chi connectivity index (χ3n) is 3.73. The van der Waals surface area contributed by atoms with Gasteiger partial charge in [-0.2, -0.15) is 0 Å². The number of benzene rings is 1. The quantitative estimate of drug-likeness (QED) is 0.436. The highest BCUT2D eigenvalue weighted by molar-refractivity contribution is 7.13. The second-order valence-corrected chi connectivity index (χ2v) is 6.89. The van der Waals surface area contributed by atoms with Crippen molar-refractivity contribution in [3.8, 4) is 10.8 Å². The molecule has 138 valence electrons. The number of nitrogens with two attached hydrogens (primary N) is 1. The molecule has 3 aromatic rings. The highest BCUT2D eigenvalue weighted by Crippen LogP contribution is 2.31. The molecule has 2 aromatic heterocycles. The van der Waals surface area contributed by atoms with Gasteiger partial charge in [-0.1, -0.05) is 6.58 Å². The number of hydrogen-bond donors (Lipinski definition) is 1. The first kappa shape index (κ1) is 18.7. The minimum absolute atomic E-state index is 0.291. The number of nitrogens with zero attached hydrogens (tertiary/aromatic N) is 1. The average molecular weight is 382 g/mol. The number of anilines is 1. The summed E-state index contributed by atoms with van der Waals surface area (Å²) in [6, 6.07) is 13.5. The topological polar surface area (TPSA) is 57.4 Å². The number of ether oxygens (including phenoxy) is 2. The van der Waals surface area contributed by atoms with Gasteiger partial charge in [0.2, 0.25) is 0 Å². The van der Waals surface area contributed by atoms with E-state index in [1.165, 1.54) is 23.5 Å². The summed E-state index contributed by atoms with van der Waals surface area (Å²) in [7, 11) is 1.59. The Morgan fingerprint density at radius 1 is 1.22 bits per heavy atom. The molecule has 0 bridgehead atoms. The Labute approximate surface area is 161 Å². The lowest BCUT2D eigenvalue weighted by molar-refractivity contribution is 0.370. The van der Waals surface area contributed by atoms with Gasteiger partial charge in [-0.25, -0.2) is 9.37 Å². The zero-order valence-electron chi connectivity index (χ0n) is 14.8. The Hall–Kier alpha value is -3.12. The van der Waals surface area contributed by atoms with Crippen LogP contribution >= 0.6 is 11.3 Å². The van der Waals surface area contributed by atoms with Gasteiger partial charge in [0.15, 0.2) is 5.06 Å². The largest absolute Gasteiger partial charge is 0.496 e. The maximum absolute atomic E-state index is 13.0. The first-order valence-electron chi connectivity index (χ1n) is 8.21. The Morgan fingerprint density at radius 2 is 2.00 bits per heavy atom. The minimum Gasteiger partial charge on any atom is -0.496 e. The fourth-order valence-corrected chi connectivity index (χ4v) is 3.39. The fraction of sp³-hybridized carbons (Fsp3) is 0.0952. The molecule has 0 fully saturated rings. The monoisotopic (exact) mass is 382 g/mol. The summed E-state index contributed by atoms with van der Waals surface area (Å²) in [4.78, 5) is 5.16. The van der Waals surface area contributed by atoms with Gasteiger partial charge in [-0.05, 0) is 60.2 Å². The van der Waals surface area contributed by atoms with Crippen molar-refractivity contribution in [2.24, 2.45) is 0 Å². The van der Waals surface area contributed by atoms with E-state index in [-0.39, 0.29) is 5.82 Å². The molecule has 0 aliphatic heterocycles. The van der Waals surface area contributed by atoms with E-state index in [1.54, 1.807) is 31.5 Å². The van der Waals surface area contributed by atoms with Crippen molar-refractivity contribution in [1.29, 1.82) is 0 Å². The summed E-state index contributed by atoms with van der Waals surface area (Å²) in [5.41, 5.74) is 7.51. The van der Waals surface area contributed by atoms with Crippen molar-refractivity contribution in [2.45, 2.75) is 6.42 Å². The molecule has 0 aliphatic carbocycles. The van der Waals surface area contributed by atoms with Crippen LogP contribution in [0.2, 0.25) is 0 Å². The molecule has 0 amide bonds. The van der Waals surface area contributed by atoms with Crippen LogP contribution in [0.4, 0.5) is 10.2 Å². The van der Waals surface area contributed by atoms with Crippen molar-refractivity contribution in [3.05, 3.63) is 89.2 Å². The molecule has 2 heterocycles. The fourth-order valence-electron chi connectivity index (χ4n) is 2.46. The number of allylic oxidation sites excluding steroid dienone is 2. The second kappa shape index (κ2) is 8.51. The van der Waals surface area contributed by atoms with Gasteiger partial charge < -0.3 is 15.2 Å². The van der Waals surface area contributed by atoms with E-state index in [4.69, 9.17) is 15.2 Å². The highest BCUT2D eigenvalue weighted by Gasteiger charge is 2.09. The van der Waals surface area contributed by atoms with E-state index < -0.39 is 0 Å². The summed E-state index contributed by atoms with van der Waals surface area (Å²) in [6.07, 6.45) is 4.13. The van der Waals surface area contributed by atoms with Crippen LogP contribution in [0.15, 0.2) is 73.0 Å². The number of methoxy groups -OCH3 is 1. The Kier molecular flexibility index (Phi) is 5.88. The van der Waals surface area contributed by atoms with Crippen LogP contribution in [0.5, 0.6) is 10.8 Å². The average Bonchev–Trinajstić information content (AvgIpc) is 3.09. The smallest absolute Gasteiger partial charge is 0.181 e. The predicted molar refractivity (Wildman–Crippen MR) is 107 cm³/mol. The molecular formula is C21H19FN2O2S. The van der Waals surface area contributed by atoms with E-state index in [1.807, 2.05) is 24.3 Å². The molecular weight excluding hydrogens is 363 g/mol. The van der Waals surface area contributed by atoms with Gasteiger partial charge in [0.05, 0.1) is 12.7 Å². The minimum atomic E-state index is -0.291. The Balaban J connectivity index is 1.68. The first-order chi connectivity index (χ1) is 13.0. The predicted octanol–water partition coefficient (Wildman–Crippen LogP) is 5.44. The van der Waals surface area contributed by atoms with Crippen molar-refractivity contribution in [2.75, 3.05) is 12.8 Å². The summed E-state index contributed by atoms with van der Waals surface area (Å²) in [6.45, 7) is 4.10. The van der Waals surface area contributed by atoms with Gasteiger partial charge >= 0.3 is 0 Å². The molecule has 0 radical (unpaired) electrons. The number of halogens is 1. The number of rotatable bonds is 7. The van der Waals surface area contributed by atoms with Gasteiger partial charge in [0, 0.05) is 17.5 Å². The summed E-state index contributed by atoms with van der Waals surface area (Å²) in [5, 5.41) is 0.733. The number of hydrogen-bond acceptors (Lipinski definition) is 5. The van der Waals surface area contributed by atoms with E-state index in [9.17, 15) is 4.39 Å². The van der Waals surface area contributed by atoms with Gasteiger partial charge in [0.25, 0.3) is 0 Å². The van der Waals surface area contributed by atoms with Crippen LogP contribution in [0, 0.1) is 5.82 Å². The normalized spacial score (nSPS) is 11.3. The molecule has 0 spiro atoms. The van der Waals surface area contributed by atoms with Gasteiger partial charge in [-0.15, -0.1) is 11.3 Å². The Morgan fingerprint density at radius 3 is 2.70 bits per heavy atom. The molecule has 2 N–H and O–H groups in total. The first-order valence-corrected chi connectivity index (χ1v) is 9.03. The molecule has 0 saturated carbocycles. The van der Waals surface area contributed by atoms with Gasteiger partial charge in [0.1, 0.15) is 23.1 Å². The lowest BCUT2D eigenvalue weighted by Gasteiger charge is -2.09. The molecule has 0 unspecified atom stereocenters. The van der Waals surface area contributed by atoms with Crippen LogP contribution in [0.1, 0.15) is 10.4 Å². The van der Waals surface area contributed by atoms with E-state index >= 15 is 0 Å². The van der Waals surface area contributed by atoms with Crippen LogP contribution < -0.4 is 10.5 Å². The Bertz CT molecular complexity index is 964. The number of pyridine rings is 1. The molecule has 0 atom stereocenters. The zero-order chi connectivity index (χ0) is 19.2. The number of nitrogen functional groups attached to an aromatic ring is 1. The SMILES string of the molecule is C=C(/C=C(\OC)c1cccnc1N)Cc1ccc(Oc2ccc(F)cc2)s1. The lowest BCUT2D eigenvalue weighted by Crippen LogP contribution is -1.98. The van der Waals surface area contributed by atoms with Gasteiger partial charge in [-0.3, -0.25) is 0 Å². The molecule has 0 aliphatic rings. The van der Waals surface area contributed by atoms with Crippen molar-refractivity contribution in [3.63, 3.8) is 0 Å². The maximum Gasteiger partial charge on any atom is 0.181 e.